The molecular weight excluding hydrogens is 401 g/mol. The van der Waals surface area contributed by atoms with Gasteiger partial charge in [-0.05, 0) is 54.6 Å². The summed E-state index contributed by atoms with van der Waals surface area (Å²) < 4.78 is 0. The summed E-state index contributed by atoms with van der Waals surface area (Å²) in [4.78, 5) is 25.3. The summed E-state index contributed by atoms with van der Waals surface area (Å²) in [5, 5.41) is 17.0. The molecule has 28 heavy (non-hydrogen) atoms. The van der Waals surface area contributed by atoms with Gasteiger partial charge < -0.3 is 15.7 Å². The van der Waals surface area contributed by atoms with Crippen LogP contribution in [0.25, 0.3) is 0 Å². The van der Waals surface area contributed by atoms with Crippen LogP contribution in [0.2, 0.25) is 10.0 Å². The summed E-state index contributed by atoms with van der Waals surface area (Å²) >= 11 is 12.4. The van der Waals surface area contributed by atoms with Crippen LogP contribution in [0.15, 0.2) is 36.4 Å². The van der Waals surface area contributed by atoms with Crippen molar-refractivity contribution in [3.05, 3.63) is 57.6 Å². The Morgan fingerprint density at radius 2 is 1.75 bits per heavy atom. The maximum absolute atomic E-state index is 12.4. The van der Waals surface area contributed by atoms with Crippen LogP contribution in [0, 0.1) is 0 Å². The highest BCUT2D eigenvalue weighted by atomic mass is 35.5. The molecule has 0 spiro atoms. The molecule has 1 aliphatic rings. The number of carbonyl (C=O) groups excluding carboxylic acids is 2. The van der Waals surface area contributed by atoms with E-state index in [9.17, 15) is 14.7 Å². The first-order valence-corrected chi connectivity index (χ1v) is 9.54. The normalized spacial score (nSPS) is 18.1. The first-order chi connectivity index (χ1) is 13.2. The molecule has 0 heterocycles. The maximum Gasteiger partial charge on any atom is 0.238 e. The number of anilines is 2. The highest BCUT2D eigenvalue weighted by Crippen LogP contribution is 2.40. The summed E-state index contributed by atoms with van der Waals surface area (Å²) in [7, 11) is 1.78. The largest absolute Gasteiger partial charge is 0.391 e. The second-order valence-corrected chi connectivity index (χ2v) is 7.74. The van der Waals surface area contributed by atoms with Gasteiger partial charge in [-0.1, -0.05) is 23.2 Å². The molecule has 0 saturated carbocycles. The van der Waals surface area contributed by atoms with E-state index in [1.54, 1.807) is 48.3 Å². The Hall–Kier alpha value is -2.12. The van der Waals surface area contributed by atoms with Crippen LogP contribution in [-0.4, -0.2) is 41.5 Å². The molecule has 0 radical (unpaired) electrons. The lowest BCUT2D eigenvalue weighted by atomic mass is 10.1. The lowest BCUT2D eigenvalue weighted by molar-refractivity contribution is -0.118. The van der Waals surface area contributed by atoms with Crippen LogP contribution < -0.4 is 10.6 Å². The predicted octanol–water partition coefficient (Wildman–Crippen LogP) is 3.48. The summed E-state index contributed by atoms with van der Waals surface area (Å²) in [5.41, 5.74) is 2.98. The second-order valence-electron chi connectivity index (χ2n) is 6.89. The Morgan fingerprint density at radius 1 is 1.14 bits per heavy atom. The van der Waals surface area contributed by atoms with E-state index in [-0.39, 0.29) is 24.4 Å². The third kappa shape index (κ3) is 4.64. The average Bonchev–Trinajstić information content (AvgIpc) is 2.92. The monoisotopic (exact) mass is 421 g/mol. The highest BCUT2D eigenvalue weighted by Gasteiger charge is 2.36. The van der Waals surface area contributed by atoms with Gasteiger partial charge in [-0.15, -0.1) is 0 Å². The second kappa shape index (κ2) is 8.49. The summed E-state index contributed by atoms with van der Waals surface area (Å²) in [6.45, 7) is 1.51. The number of benzene rings is 2. The van der Waals surface area contributed by atoms with E-state index in [0.717, 1.165) is 11.1 Å². The lowest BCUT2D eigenvalue weighted by Gasteiger charge is -2.27. The molecule has 0 fully saturated rings. The quantitative estimate of drug-likeness (QED) is 0.689. The Labute approximate surface area is 173 Å². The SMILES string of the molecule is CC(=O)Nc1ccc(NC(=O)CN(C)C2c3cc(Cl)cc(Cl)c3CC2O)cc1. The number of fused-ring (bicyclic) bond motifs is 1. The zero-order chi connectivity index (χ0) is 20.4. The molecule has 3 rings (SSSR count). The Morgan fingerprint density at radius 3 is 2.36 bits per heavy atom. The molecule has 6 nitrogen and oxygen atoms in total. The zero-order valence-electron chi connectivity index (χ0n) is 15.5. The number of hydrogen-bond donors (Lipinski definition) is 3. The van der Waals surface area contributed by atoms with Crippen LogP contribution in [0.4, 0.5) is 11.4 Å². The van der Waals surface area contributed by atoms with Gasteiger partial charge in [0, 0.05) is 34.8 Å². The minimum atomic E-state index is -0.666. The fraction of sp³-hybridized carbons (Fsp3) is 0.300. The van der Waals surface area contributed by atoms with Crippen molar-refractivity contribution >= 4 is 46.4 Å². The number of halogens is 2. The number of nitrogens with zero attached hydrogens (tertiary/aromatic N) is 1. The van der Waals surface area contributed by atoms with Crippen molar-refractivity contribution in [3.63, 3.8) is 0 Å². The first-order valence-electron chi connectivity index (χ1n) is 8.78. The topological polar surface area (TPSA) is 81.7 Å². The van der Waals surface area contributed by atoms with Crippen molar-refractivity contribution in [2.75, 3.05) is 24.2 Å². The van der Waals surface area contributed by atoms with Gasteiger partial charge in [-0.2, -0.15) is 0 Å². The standard InChI is InChI=1S/C20H21Cl2N3O3/c1-11(26)23-13-3-5-14(6-4-13)24-19(28)10-25(2)20-16-7-12(21)8-17(22)15(16)9-18(20)27/h3-8,18,20,27H,9-10H2,1-2H3,(H,23,26)(H,24,28). The van der Waals surface area contributed by atoms with E-state index in [1.807, 2.05) is 0 Å². The van der Waals surface area contributed by atoms with E-state index in [2.05, 4.69) is 10.6 Å². The Bertz CT molecular complexity index is 902. The summed E-state index contributed by atoms with van der Waals surface area (Å²) in [6.07, 6.45) is -0.243. The van der Waals surface area contributed by atoms with Crippen LogP contribution in [-0.2, 0) is 16.0 Å². The van der Waals surface area contributed by atoms with Crippen LogP contribution in [0.3, 0.4) is 0 Å². The van der Waals surface area contributed by atoms with Gasteiger partial charge in [0.2, 0.25) is 11.8 Å². The van der Waals surface area contributed by atoms with E-state index >= 15 is 0 Å². The summed E-state index contributed by atoms with van der Waals surface area (Å²) in [6, 6.07) is 9.93. The number of nitrogens with one attached hydrogen (secondary N) is 2. The van der Waals surface area contributed by atoms with E-state index in [0.29, 0.717) is 27.8 Å². The molecule has 1 aliphatic carbocycles. The minimum Gasteiger partial charge on any atom is -0.391 e. The van der Waals surface area contributed by atoms with Crippen molar-refractivity contribution in [2.24, 2.45) is 0 Å². The molecule has 2 atom stereocenters. The van der Waals surface area contributed by atoms with Gasteiger partial charge >= 0.3 is 0 Å². The highest BCUT2D eigenvalue weighted by molar-refractivity contribution is 6.35. The maximum atomic E-state index is 12.4. The fourth-order valence-electron chi connectivity index (χ4n) is 3.53. The van der Waals surface area contributed by atoms with Gasteiger partial charge in [0.1, 0.15) is 0 Å². The number of aliphatic hydroxyl groups is 1. The van der Waals surface area contributed by atoms with Crippen molar-refractivity contribution in [1.82, 2.24) is 4.90 Å². The molecular formula is C20H21Cl2N3O3. The zero-order valence-corrected chi connectivity index (χ0v) is 17.0. The predicted molar refractivity (Wildman–Crippen MR) is 111 cm³/mol. The Balaban J connectivity index is 1.66. The Kier molecular flexibility index (Phi) is 6.25. The molecule has 2 aromatic carbocycles. The number of amides is 2. The smallest absolute Gasteiger partial charge is 0.238 e. The minimum absolute atomic E-state index is 0.0821. The van der Waals surface area contributed by atoms with Crippen LogP contribution in [0.1, 0.15) is 24.1 Å². The first kappa shape index (κ1) is 20.6. The van der Waals surface area contributed by atoms with Gasteiger partial charge in [0.05, 0.1) is 18.7 Å². The molecule has 0 bridgehead atoms. The molecule has 148 valence electrons. The van der Waals surface area contributed by atoms with Gasteiger partial charge in [-0.25, -0.2) is 0 Å². The average molecular weight is 422 g/mol. The molecule has 0 aliphatic heterocycles. The molecule has 2 amide bonds. The number of rotatable bonds is 5. The van der Waals surface area contributed by atoms with Crippen molar-refractivity contribution in [1.29, 1.82) is 0 Å². The molecule has 3 N–H and O–H groups in total. The van der Waals surface area contributed by atoms with Gasteiger partial charge in [0.25, 0.3) is 0 Å². The fourth-order valence-corrected chi connectivity index (χ4v) is 4.11. The molecule has 2 aromatic rings. The third-order valence-electron chi connectivity index (χ3n) is 4.65. The number of carbonyl (C=O) groups is 2. The lowest BCUT2D eigenvalue weighted by Crippen LogP contribution is -2.37. The van der Waals surface area contributed by atoms with Crippen molar-refractivity contribution in [2.45, 2.75) is 25.5 Å². The molecule has 8 heteroatoms. The molecule has 2 unspecified atom stereocenters. The van der Waals surface area contributed by atoms with Crippen LogP contribution in [0.5, 0.6) is 0 Å². The number of aliphatic hydroxyl groups excluding tert-OH is 1. The van der Waals surface area contributed by atoms with E-state index < -0.39 is 6.10 Å². The number of likely N-dealkylation sites (N-methyl/N-ethyl adjacent to an activating group) is 1. The van der Waals surface area contributed by atoms with E-state index in [4.69, 9.17) is 23.2 Å². The number of hydrogen-bond acceptors (Lipinski definition) is 4. The molecule has 0 saturated heterocycles. The van der Waals surface area contributed by atoms with Crippen molar-refractivity contribution < 1.29 is 14.7 Å². The van der Waals surface area contributed by atoms with Gasteiger partial charge in [0.15, 0.2) is 0 Å². The van der Waals surface area contributed by atoms with Crippen LogP contribution >= 0.6 is 23.2 Å². The summed E-state index contributed by atoms with van der Waals surface area (Å²) in [5.74, 6) is -0.377. The van der Waals surface area contributed by atoms with E-state index in [1.165, 1.54) is 6.92 Å². The van der Waals surface area contributed by atoms with Gasteiger partial charge in [-0.3, -0.25) is 14.5 Å². The van der Waals surface area contributed by atoms with Crippen molar-refractivity contribution in [3.8, 4) is 0 Å². The third-order valence-corrected chi connectivity index (χ3v) is 5.20. The molecule has 0 aromatic heterocycles.